The summed E-state index contributed by atoms with van der Waals surface area (Å²) in [5.41, 5.74) is 4.96. The summed E-state index contributed by atoms with van der Waals surface area (Å²) < 4.78 is 11.1. The summed E-state index contributed by atoms with van der Waals surface area (Å²) in [6.45, 7) is 4.36. The number of rotatable bonds is 6. The molecular weight excluding hydrogens is 386 g/mol. The molecule has 0 amide bonds. The van der Waals surface area contributed by atoms with Crippen LogP contribution in [0, 0.1) is 0 Å². The molecule has 0 aliphatic heterocycles. The Morgan fingerprint density at radius 2 is 1.68 bits per heavy atom. The highest BCUT2D eigenvalue weighted by Gasteiger charge is 2.23. The number of benzene rings is 3. The van der Waals surface area contributed by atoms with Crippen LogP contribution in [0.5, 0.6) is 5.75 Å². The molecule has 156 valence electrons. The molecule has 0 aliphatic rings. The van der Waals surface area contributed by atoms with Crippen LogP contribution in [0.15, 0.2) is 85.1 Å². The molecule has 1 atom stereocenters. The first kappa shape index (κ1) is 20.6. The maximum atomic E-state index is 12.4. The molecule has 4 nitrogen and oxygen atoms in total. The minimum Gasteiger partial charge on any atom is -0.474 e. The zero-order valence-electron chi connectivity index (χ0n) is 17.9. The number of hydrogen-bond acceptors (Lipinski definition) is 4. The summed E-state index contributed by atoms with van der Waals surface area (Å²) in [4.78, 5) is 17.0. The van der Waals surface area contributed by atoms with Crippen molar-refractivity contribution < 1.29 is 14.3 Å². The van der Waals surface area contributed by atoms with Crippen LogP contribution in [0.4, 0.5) is 0 Å². The highest BCUT2D eigenvalue weighted by molar-refractivity contribution is 5.94. The quantitative estimate of drug-likeness (QED) is 0.348. The summed E-state index contributed by atoms with van der Waals surface area (Å²) in [5.74, 6) is 0.547. The first-order valence-corrected chi connectivity index (χ1v) is 10.4. The topological polar surface area (TPSA) is 48.4 Å². The van der Waals surface area contributed by atoms with Gasteiger partial charge in [0.2, 0.25) is 6.10 Å². The Kier molecular flexibility index (Phi) is 5.99. The normalized spacial score (nSPS) is 12.0. The molecule has 0 saturated carbocycles. The lowest BCUT2D eigenvalue weighted by Crippen LogP contribution is -2.20. The number of pyridine rings is 1. The lowest BCUT2D eigenvalue weighted by Gasteiger charge is -2.18. The van der Waals surface area contributed by atoms with E-state index in [1.807, 2.05) is 66.9 Å². The van der Waals surface area contributed by atoms with E-state index in [0.717, 1.165) is 27.6 Å². The van der Waals surface area contributed by atoms with Crippen LogP contribution in [0.2, 0.25) is 0 Å². The molecule has 4 heteroatoms. The van der Waals surface area contributed by atoms with Crippen molar-refractivity contribution in [3.8, 4) is 16.9 Å². The van der Waals surface area contributed by atoms with Crippen LogP contribution in [-0.2, 0) is 9.53 Å². The molecule has 3 aromatic carbocycles. The van der Waals surface area contributed by atoms with Gasteiger partial charge in [0.25, 0.3) is 0 Å². The molecule has 1 aromatic heterocycles. The van der Waals surface area contributed by atoms with Gasteiger partial charge in [-0.05, 0) is 47.4 Å². The van der Waals surface area contributed by atoms with Gasteiger partial charge >= 0.3 is 5.97 Å². The number of ether oxygens (including phenoxy) is 2. The summed E-state index contributed by atoms with van der Waals surface area (Å²) in [6.07, 6.45) is 0.975. The maximum absolute atomic E-state index is 12.4. The second kappa shape index (κ2) is 9.00. The van der Waals surface area contributed by atoms with Crippen LogP contribution < -0.4 is 4.74 Å². The van der Waals surface area contributed by atoms with Gasteiger partial charge in [-0.25, -0.2) is 4.79 Å². The average molecular weight is 412 g/mol. The summed E-state index contributed by atoms with van der Waals surface area (Å²) >= 11 is 0. The molecule has 0 radical (unpaired) electrons. The Morgan fingerprint density at radius 3 is 2.42 bits per heavy atom. The Bertz CT molecular complexity index is 1200. The fourth-order valence-electron chi connectivity index (χ4n) is 3.63. The van der Waals surface area contributed by atoms with Gasteiger partial charge in [-0.3, -0.25) is 4.98 Å². The minimum absolute atomic E-state index is 0.393. The monoisotopic (exact) mass is 411 g/mol. The SMILES string of the molecule is COC(=O)C(Oc1cccc(-c2cc(C(C)C)cc3cccnc23)c1)c1ccccc1. The predicted octanol–water partition coefficient (Wildman–Crippen LogP) is 6.32. The molecule has 4 rings (SSSR count). The lowest BCUT2D eigenvalue weighted by molar-refractivity contribution is -0.149. The van der Waals surface area contributed by atoms with Crippen molar-refractivity contribution in [2.75, 3.05) is 7.11 Å². The van der Waals surface area contributed by atoms with E-state index in [9.17, 15) is 4.79 Å². The van der Waals surface area contributed by atoms with Crippen molar-refractivity contribution in [2.24, 2.45) is 0 Å². The van der Waals surface area contributed by atoms with E-state index in [1.54, 1.807) is 0 Å². The second-order valence-electron chi connectivity index (χ2n) is 7.76. The molecule has 0 spiro atoms. The summed E-state index contributed by atoms with van der Waals surface area (Å²) in [7, 11) is 1.37. The molecule has 0 aliphatic carbocycles. The van der Waals surface area contributed by atoms with E-state index in [1.165, 1.54) is 12.7 Å². The van der Waals surface area contributed by atoms with E-state index in [2.05, 4.69) is 37.0 Å². The van der Waals surface area contributed by atoms with Crippen LogP contribution in [0.1, 0.15) is 37.0 Å². The third-order valence-electron chi connectivity index (χ3n) is 5.31. The van der Waals surface area contributed by atoms with Gasteiger partial charge in [0.05, 0.1) is 12.6 Å². The molecule has 1 heterocycles. The van der Waals surface area contributed by atoms with Gasteiger partial charge in [0, 0.05) is 22.7 Å². The number of carbonyl (C=O) groups is 1. The molecule has 0 saturated heterocycles. The first-order chi connectivity index (χ1) is 15.1. The standard InChI is InChI=1S/C27H25NO3/c1-18(2)22-15-21-12-8-14-28-25(21)24(17-22)20-11-7-13-23(16-20)31-26(27(29)30-3)19-9-5-4-6-10-19/h4-18,26H,1-3H3. The van der Waals surface area contributed by atoms with Crippen LogP contribution in [0.25, 0.3) is 22.0 Å². The van der Waals surface area contributed by atoms with Gasteiger partial charge in [0.1, 0.15) is 5.75 Å². The zero-order chi connectivity index (χ0) is 21.8. The molecule has 4 aromatic rings. The van der Waals surface area contributed by atoms with Crippen LogP contribution in [0.3, 0.4) is 0 Å². The van der Waals surface area contributed by atoms with E-state index >= 15 is 0 Å². The molecule has 0 bridgehead atoms. The van der Waals surface area contributed by atoms with Crippen molar-refractivity contribution in [2.45, 2.75) is 25.9 Å². The number of esters is 1. The molecule has 0 N–H and O–H groups in total. The number of hydrogen-bond donors (Lipinski definition) is 0. The van der Waals surface area contributed by atoms with Crippen LogP contribution in [-0.4, -0.2) is 18.1 Å². The van der Waals surface area contributed by atoms with Crippen molar-refractivity contribution >= 4 is 16.9 Å². The first-order valence-electron chi connectivity index (χ1n) is 10.4. The maximum Gasteiger partial charge on any atom is 0.351 e. The number of nitrogens with zero attached hydrogens (tertiary/aromatic N) is 1. The third-order valence-corrected chi connectivity index (χ3v) is 5.31. The van der Waals surface area contributed by atoms with Gasteiger partial charge in [-0.1, -0.05) is 62.4 Å². The Balaban J connectivity index is 1.76. The van der Waals surface area contributed by atoms with E-state index in [0.29, 0.717) is 11.7 Å². The highest BCUT2D eigenvalue weighted by Crippen LogP contribution is 2.34. The van der Waals surface area contributed by atoms with Gasteiger partial charge in [0.15, 0.2) is 0 Å². The predicted molar refractivity (Wildman–Crippen MR) is 123 cm³/mol. The van der Waals surface area contributed by atoms with E-state index in [-0.39, 0.29) is 0 Å². The zero-order valence-corrected chi connectivity index (χ0v) is 17.9. The van der Waals surface area contributed by atoms with Crippen molar-refractivity contribution in [3.63, 3.8) is 0 Å². The molecule has 0 fully saturated rings. The summed E-state index contributed by atoms with van der Waals surface area (Å²) in [6, 6.07) is 25.6. The Morgan fingerprint density at radius 1 is 0.871 bits per heavy atom. The van der Waals surface area contributed by atoms with E-state index in [4.69, 9.17) is 9.47 Å². The average Bonchev–Trinajstić information content (AvgIpc) is 2.82. The largest absolute Gasteiger partial charge is 0.474 e. The van der Waals surface area contributed by atoms with Gasteiger partial charge in [-0.15, -0.1) is 0 Å². The summed E-state index contributed by atoms with van der Waals surface area (Å²) in [5, 5.41) is 1.10. The lowest BCUT2D eigenvalue weighted by atomic mass is 9.94. The van der Waals surface area contributed by atoms with Gasteiger partial charge in [-0.2, -0.15) is 0 Å². The number of carbonyl (C=O) groups excluding carboxylic acids is 1. The molecule has 1 unspecified atom stereocenters. The van der Waals surface area contributed by atoms with Crippen molar-refractivity contribution in [1.82, 2.24) is 4.98 Å². The van der Waals surface area contributed by atoms with E-state index < -0.39 is 12.1 Å². The van der Waals surface area contributed by atoms with Crippen LogP contribution >= 0.6 is 0 Å². The molecule has 31 heavy (non-hydrogen) atoms. The Labute approximate surface area is 182 Å². The molecular formula is C27H25NO3. The second-order valence-corrected chi connectivity index (χ2v) is 7.76. The smallest absolute Gasteiger partial charge is 0.351 e. The fraction of sp³-hybridized carbons (Fsp3) is 0.185. The highest BCUT2D eigenvalue weighted by atomic mass is 16.6. The Hall–Kier alpha value is -3.66. The number of methoxy groups -OCH3 is 1. The number of aromatic nitrogens is 1. The minimum atomic E-state index is -0.835. The number of fused-ring (bicyclic) bond motifs is 1. The third kappa shape index (κ3) is 4.43. The van der Waals surface area contributed by atoms with Gasteiger partial charge < -0.3 is 9.47 Å². The fourth-order valence-corrected chi connectivity index (χ4v) is 3.63. The van der Waals surface area contributed by atoms with Crippen molar-refractivity contribution in [1.29, 1.82) is 0 Å². The van der Waals surface area contributed by atoms with Crippen molar-refractivity contribution in [3.05, 3.63) is 96.2 Å².